The number of rotatable bonds is 5. The van der Waals surface area contributed by atoms with E-state index in [4.69, 9.17) is 0 Å². The summed E-state index contributed by atoms with van der Waals surface area (Å²) in [4.78, 5) is 10.6. The first kappa shape index (κ1) is 15.1. The van der Waals surface area contributed by atoms with Crippen LogP contribution in [0.1, 0.15) is 29.4 Å². The van der Waals surface area contributed by atoms with Crippen molar-refractivity contribution in [2.24, 2.45) is 0 Å². The van der Waals surface area contributed by atoms with Gasteiger partial charge in [-0.25, -0.2) is 0 Å². The van der Waals surface area contributed by atoms with Crippen LogP contribution in [0.3, 0.4) is 0 Å². The Bertz CT molecular complexity index is 674. The van der Waals surface area contributed by atoms with Gasteiger partial charge >= 0.3 is 0 Å². The van der Waals surface area contributed by atoms with Gasteiger partial charge in [-0.15, -0.1) is 0 Å². The first-order valence-electron chi connectivity index (χ1n) is 7.08. The number of anilines is 1. The second kappa shape index (κ2) is 5.99. The number of aromatic nitrogens is 1. The molecule has 112 valence electrons. The number of nitrogens with zero attached hydrogens (tertiary/aromatic N) is 2. The minimum absolute atomic E-state index is 0.152. The van der Waals surface area contributed by atoms with Gasteiger partial charge in [0.2, 0.25) is 0 Å². The quantitative estimate of drug-likeness (QED) is 0.669. The molecule has 0 atom stereocenters. The summed E-state index contributed by atoms with van der Waals surface area (Å²) in [6, 6.07) is 7.40. The molecular formula is C16H21N3O2. The van der Waals surface area contributed by atoms with Crippen LogP contribution in [0.15, 0.2) is 24.3 Å². The molecular weight excluding hydrogens is 266 g/mol. The molecule has 0 bridgehead atoms. The molecule has 1 aromatic carbocycles. The number of hydrogen-bond donors (Lipinski definition) is 1. The average molecular weight is 287 g/mol. The third kappa shape index (κ3) is 3.07. The number of hydrogen-bond acceptors (Lipinski definition) is 3. The summed E-state index contributed by atoms with van der Waals surface area (Å²) in [5, 5.41) is 14.2. The molecule has 5 nitrogen and oxygen atoms in total. The van der Waals surface area contributed by atoms with Gasteiger partial charge in [0.25, 0.3) is 5.69 Å². The monoisotopic (exact) mass is 287 g/mol. The molecule has 0 aliphatic carbocycles. The lowest BCUT2D eigenvalue weighted by Gasteiger charge is -2.09. The number of nitrogens with one attached hydrogen (secondary N) is 1. The molecule has 0 amide bonds. The second-order valence-electron chi connectivity index (χ2n) is 5.25. The molecule has 5 heteroatoms. The van der Waals surface area contributed by atoms with E-state index in [-0.39, 0.29) is 10.6 Å². The fourth-order valence-corrected chi connectivity index (χ4v) is 2.65. The van der Waals surface area contributed by atoms with Crippen LogP contribution in [0.4, 0.5) is 11.4 Å². The Hall–Kier alpha value is -2.30. The Labute approximate surface area is 124 Å². The van der Waals surface area contributed by atoms with Crippen molar-refractivity contribution in [3.63, 3.8) is 0 Å². The lowest BCUT2D eigenvalue weighted by Crippen LogP contribution is -2.03. The van der Waals surface area contributed by atoms with Crippen LogP contribution in [0.2, 0.25) is 0 Å². The van der Waals surface area contributed by atoms with Gasteiger partial charge < -0.3 is 9.88 Å². The van der Waals surface area contributed by atoms with Gasteiger partial charge in [-0.2, -0.15) is 0 Å². The summed E-state index contributed by atoms with van der Waals surface area (Å²) < 4.78 is 2.26. The summed E-state index contributed by atoms with van der Waals surface area (Å²) in [6.07, 6.45) is 0. The van der Waals surface area contributed by atoms with Crippen LogP contribution >= 0.6 is 0 Å². The van der Waals surface area contributed by atoms with E-state index in [2.05, 4.69) is 36.7 Å². The van der Waals surface area contributed by atoms with Crippen molar-refractivity contribution in [2.75, 3.05) is 5.32 Å². The van der Waals surface area contributed by atoms with Gasteiger partial charge in [0, 0.05) is 41.8 Å². The minimum atomic E-state index is -0.344. The molecule has 0 saturated heterocycles. The van der Waals surface area contributed by atoms with Gasteiger partial charge in [0.05, 0.1) is 4.92 Å². The number of aryl methyl sites for hydroxylation is 2. The van der Waals surface area contributed by atoms with Crippen LogP contribution in [0.25, 0.3) is 0 Å². The van der Waals surface area contributed by atoms with Crippen LogP contribution in [0.5, 0.6) is 0 Å². The zero-order chi connectivity index (χ0) is 15.6. The van der Waals surface area contributed by atoms with Crippen molar-refractivity contribution >= 4 is 11.4 Å². The zero-order valence-corrected chi connectivity index (χ0v) is 12.9. The van der Waals surface area contributed by atoms with Gasteiger partial charge in [0.1, 0.15) is 0 Å². The molecule has 2 rings (SSSR count). The third-order valence-corrected chi connectivity index (χ3v) is 3.88. The molecule has 0 spiro atoms. The summed E-state index contributed by atoms with van der Waals surface area (Å²) in [5.41, 5.74) is 5.30. The predicted octanol–water partition coefficient (Wildman–Crippen LogP) is 3.95. The molecule has 0 aliphatic rings. The molecule has 0 saturated carbocycles. The maximum atomic E-state index is 11.0. The van der Waals surface area contributed by atoms with E-state index in [9.17, 15) is 10.1 Å². The number of nitro benzene ring substituents is 1. The van der Waals surface area contributed by atoms with Crippen LogP contribution in [0, 0.1) is 30.9 Å². The normalized spacial score (nSPS) is 10.7. The summed E-state index contributed by atoms with van der Waals surface area (Å²) in [7, 11) is 0. The van der Waals surface area contributed by atoms with Gasteiger partial charge in [-0.3, -0.25) is 10.1 Å². The van der Waals surface area contributed by atoms with Gasteiger partial charge in [0.15, 0.2) is 0 Å². The van der Waals surface area contributed by atoms with E-state index < -0.39 is 0 Å². The fraction of sp³-hybridized carbons (Fsp3) is 0.375. The Morgan fingerprint density at radius 2 is 1.95 bits per heavy atom. The molecule has 0 aliphatic heterocycles. The molecule has 21 heavy (non-hydrogen) atoms. The Morgan fingerprint density at radius 3 is 2.52 bits per heavy atom. The van der Waals surface area contributed by atoms with E-state index in [1.807, 2.05) is 6.07 Å². The predicted molar refractivity (Wildman–Crippen MR) is 84.7 cm³/mol. The van der Waals surface area contributed by atoms with Gasteiger partial charge in [-0.1, -0.05) is 6.07 Å². The molecule has 0 unspecified atom stereocenters. The van der Waals surface area contributed by atoms with E-state index in [1.165, 1.54) is 17.0 Å². The van der Waals surface area contributed by atoms with Crippen LogP contribution < -0.4 is 5.32 Å². The highest BCUT2D eigenvalue weighted by atomic mass is 16.6. The van der Waals surface area contributed by atoms with Crippen molar-refractivity contribution in [1.82, 2.24) is 4.57 Å². The molecule has 0 radical (unpaired) electrons. The topological polar surface area (TPSA) is 60.1 Å². The lowest BCUT2D eigenvalue weighted by atomic mass is 10.1. The summed E-state index contributed by atoms with van der Waals surface area (Å²) >= 11 is 0. The van der Waals surface area contributed by atoms with Crippen LogP contribution in [-0.2, 0) is 13.1 Å². The highest BCUT2D eigenvalue weighted by molar-refractivity contribution is 5.55. The highest BCUT2D eigenvalue weighted by Gasteiger charge is 2.12. The van der Waals surface area contributed by atoms with E-state index in [0.717, 1.165) is 12.2 Å². The maximum Gasteiger partial charge on any atom is 0.274 e. The zero-order valence-electron chi connectivity index (χ0n) is 12.9. The van der Waals surface area contributed by atoms with E-state index in [1.54, 1.807) is 19.1 Å². The summed E-state index contributed by atoms with van der Waals surface area (Å²) in [6.45, 7) is 9.69. The smallest absolute Gasteiger partial charge is 0.274 e. The fourth-order valence-electron chi connectivity index (χ4n) is 2.65. The molecule has 1 heterocycles. The Morgan fingerprint density at radius 1 is 1.24 bits per heavy atom. The second-order valence-corrected chi connectivity index (χ2v) is 5.25. The maximum absolute atomic E-state index is 11.0. The summed E-state index contributed by atoms with van der Waals surface area (Å²) in [5.74, 6) is 0. The van der Waals surface area contributed by atoms with Crippen molar-refractivity contribution in [3.05, 3.63) is 56.9 Å². The van der Waals surface area contributed by atoms with Crippen molar-refractivity contribution in [3.8, 4) is 0 Å². The van der Waals surface area contributed by atoms with Crippen molar-refractivity contribution in [1.29, 1.82) is 0 Å². The van der Waals surface area contributed by atoms with Gasteiger partial charge in [-0.05, 0) is 45.4 Å². The lowest BCUT2D eigenvalue weighted by molar-refractivity contribution is -0.385. The van der Waals surface area contributed by atoms with E-state index in [0.29, 0.717) is 12.1 Å². The first-order valence-corrected chi connectivity index (χ1v) is 7.08. The van der Waals surface area contributed by atoms with Crippen molar-refractivity contribution in [2.45, 2.75) is 40.8 Å². The van der Waals surface area contributed by atoms with E-state index >= 15 is 0 Å². The SMILES string of the molecule is CCn1c(C)cc(CNc2ccc(C)c([N+](=O)[O-])c2)c1C. The molecule has 0 fully saturated rings. The third-order valence-electron chi connectivity index (χ3n) is 3.88. The van der Waals surface area contributed by atoms with Crippen LogP contribution in [-0.4, -0.2) is 9.49 Å². The molecule has 1 aromatic heterocycles. The minimum Gasteiger partial charge on any atom is -0.381 e. The Balaban J connectivity index is 2.17. The standard InChI is InChI=1S/C16H21N3O2/c1-5-18-12(3)8-14(13(18)4)10-17-15-7-6-11(2)16(9-15)19(20)21/h6-9,17H,5,10H2,1-4H3. The highest BCUT2D eigenvalue weighted by Crippen LogP contribution is 2.23. The average Bonchev–Trinajstić information content (AvgIpc) is 2.71. The first-order chi connectivity index (χ1) is 9.93. The largest absolute Gasteiger partial charge is 0.381 e. The number of nitro groups is 1. The molecule has 2 aromatic rings. The number of benzene rings is 1. The van der Waals surface area contributed by atoms with Crippen molar-refractivity contribution < 1.29 is 4.92 Å². The molecule has 1 N–H and O–H groups in total. The Kier molecular flexibility index (Phi) is 4.31.